The second kappa shape index (κ2) is 6.98. The lowest BCUT2D eigenvalue weighted by Gasteiger charge is -2.03. The smallest absolute Gasteiger partial charge is 0.408 e. The highest BCUT2D eigenvalue weighted by molar-refractivity contribution is 7.22. The van der Waals surface area contributed by atoms with Crippen LogP contribution in [0.2, 0.25) is 6.82 Å². The van der Waals surface area contributed by atoms with Gasteiger partial charge in [-0.3, -0.25) is 0 Å². The van der Waals surface area contributed by atoms with Gasteiger partial charge in [0.15, 0.2) is 0 Å². The first-order valence-electron chi connectivity index (χ1n) is 7.61. The van der Waals surface area contributed by atoms with Gasteiger partial charge in [-0.15, -0.1) is 21.5 Å². The summed E-state index contributed by atoms with van der Waals surface area (Å²) in [5, 5.41) is 21.6. The minimum absolute atomic E-state index is 0.556. The number of nitrogens with zero attached hydrogens (tertiary/aromatic N) is 2. The van der Waals surface area contributed by atoms with Crippen LogP contribution in [-0.2, 0) is 0 Å². The third-order valence-electron chi connectivity index (χ3n) is 3.24. The normalized spacial score (nSPS) is 10.7. The second-order valence-corrected chi connectivity index (χ2v) is 6.37. The zero-order valence-corrected chi connectivity index (χ0v) is 13.9. The van der Waals surface area contributed by atoms with Crippen LogP contribution in [0.1, 0.15) is 13.3 Å². The number of thiophene rings is 1. The number of nitrogens with one attached hydrogen (secondary N) is 1. The van der Waals surface area contributed by atoms with Crippen LogP contribution < -0.4 is 9.96 Å². The molecule has 0 unspecified atom stereocenters. The van der Waals surface area contributed by atoms with Gasteiger partial charge in [-0.2, -0.15) is 0 Å². The number of ether oxygens (including phenoxy) is 1. The topological polar surface area (TPSA) is 67.3 Å². The fourth-order valence-corrected chi connectivity index (χ4v) is 3.26. The molecule has 7 heteroatoms. The van der Waals surface area contributed by atoms with Gasteiger partial charge in [-0.25, -0.2) is 0 Å². The van der Waals surface area contributed by atoms with Crippen LogP contribution in [0.15, 0.2) is 36.4 Å². The van der Waals surface area contributed by atoms with Crippen molar-refractivity contribution in [1.29, 1.82) is 0 Å². The summed E-state index contributed by atoms with van der Waals surface area (Å²) in [5.74, 6) is 1.45. The molecule has 0 aliphatic carbocycles. The van der Waals surface area contributed by atoms with E-state index in [0.717, 1.165) is 29.3 Å². The highest BCUT2D eigenvalue weighted by Crippen LogP contribution is 2.34. The van der Waals surface area contributed by atoms with E-state index in [4.69, 9.17) is 4.74 Å². The molecular formula is C16H18BN3O2S. The largest absolute Gasteiger partial charge is 0.494 e. The van der Waals surface area contributed by atoms with Crippen molar-refractivity contribution in [3.63, 3.8) is 0 Å². The number of aromatic nitrogens is 2. The quantitative estimate of drug-likeness (QED) is 0.676. The van der Waals surface area contributed by atoms with Gasteiger partial charge in [0.2, 0.25) is 0 Å². The van der Waals surface area contributed by atoms with Crippen LogP contribution >= 0.6 is 11.3 Å². The molecule has 3 aromatic rings. The van der Waals surface area contributed by atoms with E-state index in [0.29, 0.717) is 5.82 Å². The summed E-state index contributed by atoms with van der Waals surface area (Å²) in [5.41, 5.74) is 0.818. The Hall–Kier alpha value is -2.12. The fraction of sp³-hybridized carbons (Fsp3) is 0.250. The minimum Gasteiger partial charge on any atom is -0.494 e. The third kappa shape index (κ3) is 3.81. The average Bonchev–Trinajstić information content (AvgIpc) is 2.96. The summed E-state index contributed by atoms with van der Waals surface area (Å²) < 4.78 is 6.85. The summed E-state index contributed by atoms with van der Waals surface area (Å²) in [7, 11) is -0.652. The molecule has 2 N–H and O–H groups in total. The second-order valence-electron chi connectivity index (χ2n) is 5.28. The first-order valence-corrected chi connectivity index (χ1v) is 8.42. The van der Waals surface area contributed by atoms with Gasteiger partial charge in [-0.1, -0.05) is 6.92 Å². The van der Waals surface area contributed by atoms with Crippen LogP contribution in [0.5, 0.6) is 5.75 Å². The lowest BCUT2D eigenvalue weighted by atomic mass is 9.89. The van der Waals surface area contributed by atoms with Gasteiger partial charge >= 0.3 is 7.05 Å². The molecule has 0 amide bonds. The first kappa shape index (κ1) is 15.8. The maximum atomic E-state index is 9.29. The Balaban J connectivity index is 1.84. The zero-order chi connectivity index (χ0) is 16.2. The predicted octanol–water partition coefficient (Wildman–Crippen LogP) is 3.67. The van der Waals surface area contributed by atoms with Crippen LogP contribution in [0, 0.1) is 0 Å². The lowest BCUT2D eigenvalue weighted by molar-refractivity contribution is 0.318. The summed E-state index contributed by atoms with van der Waals surface area (Å²) in [4.78, 5) is 1.06. The highest BCUT2D eigenvalue weighted by atomic mass is 32.1. The van der Waals surface area contributed by atoms with Crippen molar-refractivity contribution in [2.24, 2.45) is 0 Å². The predicted molar refractivity (Wildman–Crippen MR) is 96.1 cm³/mol. The Kier molecular flexibility index (Phi) is 4.78. The first-order chi connectivity index (χ1) is 11.2. The molecule has 23 heavy (non-hydrogen) atoms. The van der Waals surface area contributed by atoms with E-state index in [1.54, 1.807) is 18.2 Å². The van der Waals surface area contributed by atoms with Gasteiger partial charge in [0, 0.05) is 4.70 Å². The van der Waals surface area contributed by atoms with E-state index in [2.05, 4.69) is 40.5 Å². The SMILES string of the molecule is CCCOc1ccc2cc(-c3ccc(NB(C)O)nn3)sc2c1. The standard InChI is InChI=1S/C16H18BN3O2S/c1-3-8-22-12-5-4-11-9-15(23-14(11)10-12)13-6-7-16(20-19-13)18-17(2)21/h4-7,9-10,21H,3,8H2,1-2H3,(H,18,20). The Bertz CT molecular complexity index is 790. The summed E-state index contributed by atoms with van der Waals surface area (Å²) in [6.45, 7) is 4.46. The van der Waals surface area contributed by atoms with Crippen molar-refractivity contribution in [3.05, 3.63) is 36.4 Å². The molecule has 0 saturated heterocycles. The van der Waals surface area contributed by atoms with E-state index in [9.17, 15) is 5.02 Å². The van der Waals surface area contributed by atoms with Gasteiger partial charge in [0.05, 0.1) is 11.5 Å². The maximum absolute atomic E-state index is 9.29. The maximum Gasteiger partial charge on any atom is 0.408 e. The molecule has 0 fully saturated rings. The number of hydrogen-bond donors (Lipinski definition) is 2. The van der Waals surface area contributed by atoms with Crippen LogP contribution in [0.25, 0.3) is 20.7 Å². The fourth-order valence-electron chi connectivity index (χ4n) is 2.20. The van der Waals surface area contributed by atoms with Crippen LogP contribution in [0.4, 0.5) is 5.82 Å². The number of anilines is 1. The molecule has 0 aliphatic heterocycles. The highest BCUT2D eigenvalue weighted by Gasteiger charge is 2.09. The molecule has 5 nitrogen and oxygen atoms in total. The molecule has 0 aliphatic rings. The molecule has 1 aromatic carbocycles. The Morgan fingerprint density at radius 2 is 2.09 bits per heavy atom. The number of benzene rings is 1. The molecule has 0 bridgehead atoms. The van der Waals surface area contributed by atoms with Gasteiger partial charge in [0.1, 0.15) is 17.3 Å². The molecule has 0 spiro atoms. The van der Waals surface area contributed by atoms with E-state index in [-0.39, 0.29) is 0 Å². The van der Waals surface area contributed by atoms with Crippen molar-refractivity contribution in [2.75, 3.05) is 11.8 Å². The summed E-state index contributed by atoms with van der Waals surface area (Å²) in [6, 6.07) is 11.9. The number of fused-ring (bicyclic) bond motifs is 1. The van der Waals surface area contributed by atoms with E-state index >= 15 is 0 Å². The van der Waals surface area contributed by atoms with Crippen molar-refractivity contribution < 1.29 is 9.76 Å². The van der Waals surface area contributed by atoms with Crippen LogP contribution in [0.3, 0.4) is 0 Å². The van der Waals surface area contributed by atoms with E-state index in [1.807, 2.05) is 18.2 Å². The van der Waals surface area contributed by atoms with Crippen molar-refractivity contribution in [3.8, 4) is 16.3 Å². The molecule has 2 heterocycles. The van der Waals surface area contributed by atoms with Crippen molar-refractivity contribution in [2.45, 2.75) is 20.2 Å². The molecule has 0 saturated carbocycles. The summed E-state index contributed by atoms with van der Waals surface area (Å²) >= 11 is 1.67. The van der Waals surface area contributed by atoms with Crippen molar-refractivity contribution >= 4 is 34.3 Å². The average molecular weight is 327 g/mol. The molecule has 0 atom stereocenters. The van der Waals surface area contributed by atoms with E-state index in [1.165, 1.54) is 10.1 Å². The van der Waals surface area contributed by atoms with Crippen molar-refractivity contribution in [1.82, 2.24) is 10.2 Å². The van der Waals surface area contributed by atoms with Gasteiger partial charge in [-0.05, 0) is 55.0 Å². The molecule has 3 rings (SSSR count). The molecule has 118 valence electrons. The molecule has 2 aromatic heterocycles. The Morgan fingerprint density at radius 1 is 1.22 bits per heavy atom. The van der Waals surface area contributed by atoms with Crippen LogP contribution in [-0.4, -0.2) is 28.9 Å². The lowest BCUT2D eigenvalue weighted by Crippen LogP contribution is -2.20. The number of rotatable bonds is 6. The Morgan fingerprint density at radius 3 is 2.78 bits per heavy atom. The molecule has 0 radical (unpaired) electrons. The monoisotopic (exact) mass is 327 g/mol. The number of hydrogen-bond acceptors (Lipinski definition) is 6. The third-order valence-corrected chi connectivity index (χ3v) is 4.36. The van der Waals surface area contributed by atoms with E-state index < -0.39 is 7.05 Å². The Labute approximate surface area is 139 Å². The molecular weight excluding hydrogens is 309 g/mol. The minimum atomic E-state index is -0.652. The van der Waals surface area contributed by atoms with Gasteiger partial charge in [0.25, 0.3) is 0 Å². The summed E-state index contributed by atoms with van der Waals surface area (Å²) in [6.07, 6.45) is 0.996. The zero-order valence-electron chi connectivity index (χ0n) is 13.1. The van der Waals surface area contributed by atoms with Gasteiger partial charge < -0.3 is 15.0 Å².